The third kappa shape index (κ3) is 2.07. The van der Waals surface area contributed by atoms with E-state index in [0.29, 0.717) is 0 Å². The Bertz CT molecular complexity index is 868. The number of fused-ring (bicyclic) bond motifs is 3. The molecule has 3 aromatic rings. The van der Waals surface area contributed by atoms with Crippen LogP contribution in [0.4, 0.5) is 0 Å². The SMILES string of the molecule is CC[C@]1(c2ccccc2)Sc2ccccc2-n2cccc2C1=O. The maximum Gasteiger partial charge on any atom is 0.200 e. The Hall–Kier alpha value is -2.26. The van der Waals surface area contributed by atoms with Crippen LogP contribution in [0.3, 0.4) is 0 Å². The van der Waals surface area contributed by atoms with Crippen molar-refractivity contribution in [3.8, 4) is 5.69 Å². The Morgan fingerprint density at radius 1 is 0.957 bits per heavy atom. The molecule has 1 atom stereocenters. The molecule has 0 spiro atoms. The summed E-state index contributed by atoms with van der Waals surface area (Å²) in [6.07, 6.45) is 2.73. The van der Waals surface area contributed by atoms with Crippen molar-refractivity contribution in [1.82, 2.24) is 4.57 Å². The van der Waals surface area contributed by atoms with Gasteiger partial charge in [0.2, 0.25) is 0 Å². The third-order valence-corrected chi connectivity index (χ3v) is 6.12. The lowest BCUT2D eigenvalue weighted by Gasteiger charge is -2.29. The summed E-state index contributed by atoms with van der Waals surface area (Å²) >= 11 is 1.68. The van der Waals surface area contributed by atoms with Crippen LogP contribution in [0.2, 0.25) is 0 Å². The normalized spacial score (nSPS) is 19.8. The molecule has 0 unspecified atom stereocenters. The Morgan fingerprint density at radius 3 is 2.48 bits per heavy atom. The maximum absolute atomic E-state index is 13.5. The summed E-state index contributed by atoms with van der Waals surface area (Å²) in [6, 6.07) is 22.3. The minimum absolute atomic E-state index is 0.178. The molecule has 3 heteroatoms. The summed E-state index contributed by atoms with van der Waals surface area (Å²) in [5.41, 5.74) is 2.91. The number of para-hydroxylation sites is 1. The molecule has 2 aromatic carbocycles. The van der Waals surface area contributed by atoms with E-state index in [1.54, 1.807) is 11.8 Å². The number of carbonyl (C=O) groups is 1. The summed E-state index contributed by atoms with van der Waals surface area (Å²) in [5.74, 6) is 0.178. The van der Waals surface area contributed by atoms with Gasteiger partial charge in [0.05, 0.1) is 11.4 Å². The first kappa shape index (κ1) is 14.3. The molecule has 114 valence electrons. The molecular formula is C20H17NOS. The molecule has 0 fully saturated rings. The highest BCUT2D eigenvalue weighted by Gasteiger charge is 2.43. The molecule has 2 nitrogen and oxygen atoms in total. The zero-order valence-electron chi connectivity index (χ0n) is 12.9. The topological polar surface area (TPSA) is 22.0 Å². The van der Waals surface area contributed by atoms with Gasteiger partial charge >= 0.3 is 0 Å². The zero-order chi connectivity index (χ0) is 15.9. The largest absolute Gasteiger partial charge is 0.313 e. The molecule has 0 N–H and O–H groups in total. The van der Waals surface area contributed by atoms with E-state index in [9.17, 15) is 4.79 Å². The summed E-state index contributed by atoms with van der Waals surface area (Å²) < 4.78 is 1.44. The average Bonchev–Trinajstić information content (AvgIpc) is 3.06. The van der Waals surface area contributed by atoms with Crippen LogP contribution in [0.1, 0.15) is 29.4 Å². The fraction of sp³-hybridized carbons (Fsp3) is 0.150. The highest BCUT2D eigenvalue weighted by molar-refractivity contribution is 8.01. The first-order valence-corrected chi connectivity index (χ1v) is 8.64. The van der Waals surface area contributed by atoms with Gasteiger partial charge in [-0.2, -0.15) is 0 Å². The van der Waals surface area contributed by atoms with E-state index in [0.717, 1.165) is 28.3 Å². The number of carbonyl (C=O) groups excluding carboxylic acids is 1. The molecule has 1 aliphatic heterocycles. The fourth-order valence-corrected chi connectivity index (χ4v) is 4.68. The molecule has 1 aliphatic rings. The van der Waals surface area contributed by atoms with Crippen LogP contribution < -0.4 is 0 Å². The van der Waals surface area contributed by atoms with Gasteiger partial charge in [-0.15, -0.1) is 11.8 Å². The van der Waals surface area contributed by atoms with Gasteiger partial charge in [0, 0.05) is 11.1 Å². The van der Waals surface area contributed by atoms with Gasteiger partial charge < -0.3 is 4.57 Å². The maximum atomic E-state index is 13.5. The van der Waals surface area contributed by atoms with Crippen LogP contribution in [0.25, 0.3) is 5.69 Å². The molecule has 0 aliphatic carbocycles. The van der Waals surface area contributed by atoms with E-state index in [-0.39, 0.29) is 5.78 Å². The van der Waals surface area contributed by atoms with Crippen molar-refractivity contribution in [2.45, 2.75) is 23.0 Å². The van der Waals surface area contributed by atoms with Gasteiger partial charge in [0.15, 0.2) is 5.78 Å². The minimum atomic E-state index is -0.579. The molecule has 0 bridgehead atoms. The fourth-order valence-electron chi connectivity index (χ4n) is 3.29. The van der Waals surface area contributed by atoms with E-state index < -0.39 is 4.75 Å². The van der Waals surface area contributed by atoms with Crippen LogP contribution in [0.15, 0.2) is 77.8 Å². The average molecular weight is 319 g/mol. The molecule has 23 heavy (non-hydrogen) atoms. The third-order valence-electron chi connectivity index (χ3n) is 4.50. The van der Waals surface area contributed by atoms with Crippen molar-refractivity contribution in [1.29, 1.82) is 0 Å². The number of benzene rings is 2. The lowest BCUT2D eigenvalue weighted by Crippen LogP contribution is -2.32. The predicted octanol–water partition coefficient (Wildman–Crippen LogP) is 5.07. The second kappa shape index (κ2) is 5.43. The van der Waals surface area contributed by atoms with Crippen LogP contribution in [-0.4, -0.2) is 10.4 Å². The van der Waals surface area contributed by atoms with Gasteiger partial charge in [-0.3, -0.25) is 4.79 Å². The summed E-state index contributed by atoms with van der Waals surface area (Å²) in [6.45, 7) is 2.10. The molecule has 0 amide bonds. The molecule has 4 rings (SSSR count). The number of aromatic nitrogens is 1. The number of hydrogen-bond donors (Lipinski definition) is 0. The van der Waals surface area contributed by atoms with Gasteiger partial charge in [0.25, 0.3) is 0 Å². The highest BCUT2D eigenvalue weighted by atomic mass is 32.2. The van der Waals surface area contributed by atoms with Crippen LogP contribution in [0, 0.1) is 0 Å². The minimum Gasteiger partial charge on any atom is -0.313 e. The van der Waals surface area contributed by atoms with Gasteiger partial charge in [0.1, 0.15) is 4.75 Å². The first-order chi connectivity index (χ1) is 11.3. The van der Waals surface area contributed by atoms with E-state index in [2.05, 4.69) is 31.2 Å². The number of ketones is 1. The van der Waals surface area contributed by atoms with Crippen molar-refractivity contribution >= 4 is 17.5 Å². The Morgan fingerprint density at radius 2 is 1.70 bits per heavy atom. The van der Waals surface area contributed by atoms with Crippen molar-refractivity contribution in [3.63, 3.8) is 0 Å². The molecule has 0 saturated carbocycles. The molecule has 0 saturated heterocycles. The number of Topliss-reactive ketones (excluding diaryl/α,β-unsaturated/α-hetero) is 1. The van der Waals surface area contributed by atoms with Crippen LogP contribution in [-0.2, 0) is 4.75 Å². The number of nitrogens with zero attached hydrogens (tertiary/aromatic N) is 1. The second-order valence-corrected chi connectivity index (χ2v) is 7.05. The Balaban J connectivity index is 2.02. The second-order valence-electron chi connectivity index (χ2n) is 5.71. The summed E-state index contributed by atoms with van der Waals surface area (Å²) in [4.78, 5) is 14.6. The molecule has 0 radical (unpaired) electrons. The zero-order valence-corrected chi connectivity index (χ0v) is 13.7. The summed E-state index contributed by atoms with van der Waals surface area (Å²) in [7, 11) is 0. The lowest BCUT2D eigenvalue weighted by atomic mass is 9.89. The van der Waals surface area contributed by atoms with Gasteiger partial charge in [-0.05, 0) is 36.2 Å². The first-order valence-electron chi connectivity index (χ1n) is 7.82. The standard InChI is InChI=1S/C20H17NOS/c1-2-20(15-9-4-3-5-10-15)19(22)17-12-8-14-21(17)16-11-6-7-13-18(16)23-20/h3-14H,2H2,1H3/t20-/m1/s1. The van der Waals surface area contributed by atoms with E-state index >= 15 is 0 Å². The smallest absolute Gasteiger partial charge is 0.200 e. The van der Waals surface area contributed by atoms with Crippen molar-refractivity contribution in [2.75, 3.05) is 0 Å². The van der Waals surface area contributed by atoms with Crippen LogP contribution >= 0.6 is 11.8 Å². The molecule has 1 aromatic heterocycles. The number of hydrogen-bond acceptors (Lipinski definition) is 2. The Labute approximate surface area is 140 Å². The van der Waals surface area contributed by atoms with E-state index in [1.807, 2.05) is 53.2 Å². The van der Waals surface area contributed by atoms with Gasteiger partial charge in [-0.1, -0.05) is 49.4 Å². The quantitative estimate of drug-likeness (QED) is 0.658. The number of thioether (sulfide) groups is 1. The molecule has 2 heterocycles. The number of rotatable bonds is 2. The Kier molecular flexibility index (Phi) is 3.38. The van der Waals surface area contributed by atoms with Gasteiger partial charge in [-0.25, -0.2) is 0 Å². The lowest BCUT2D eigenvalue weighted by molar-refractivity contribution is 0.0933. The monoisotopic (exact) mass is 319 g/mol. The predicted molar refractivity (Wildman–Crippen MR) is 94.4 cm³/mol. The van der Waals surface area contributed by atoms with E-state index in [1.165, 1.54) is 0 Å². The summed E-state index contributed by atoms with van der Waals surface area (Å²) in [5, 5.41) is 0. The van der Waals surface area contributed by atoms with Crippen molar-refractivity contribution in [2.24, 2.45) is 0 Å². The van der Waals surface area contributed by atoms with E-state index in [4.69, 9.17) is 0 Å². The highest BCUT2D eigenvalue weighted by Crippen LogP contribution is 2.50. The van der Waals surface area contributed by atoms with Crippen LogP contribution in [0.5, 0.6) is 0 Å². The van der Waals surface area contributed by atoms with Crippen molar-refractivity contribution < 1.29 is 4.79 Å². The van der Waals surface area contributed by atoms with Crippen molar-refractivity contribution in [3.05, 3.63) is 84.2 Å². The molecular weight excluding hydrogens is 302 g/mol.